The zero-order chi connectivity index (χ0) is 18.2. The molecule has 25 heavy (non-hydrogen) atoms. The molecule has 2 atom stereocenters. The summed E-state index contributed by atoms with van der Waals surface area (Å²) in [6.45, 7) is 5.35. The Morgan fingerprint density at radius 1 is 1.32 bits per heavy atom. The normalized spacial score (nSPS) is 21.1. The molecule has 8 heteroatoms. The number of aliphatic hydroxyl groups is 1. The van der Waals surface area contributed by atoms with Crippen LogP contribution in [0.25, 0.3) is 5.95 Å². The lowest BCUT2D eigenvalue weighted by Crippen LogP contribution is -2.34. The number of nitrogens with zero attached hydrogens (tertiary/aromatic N) is 4. The van der Waals surface area contributed by atoms with Gasteiger partial charge < -0.3 is 10.4 Å². The van der Waals surface area contributed by atoms with Crippen molar-refractivity contribution in [1.29, 1.82) is 0 Å². The van der Waals surface area contributed by atoms with Crippen molar-refractivity contribution in [1.82, 2.24) is 19.7 Å². The molecule has 0 saturated heterocycles. The van der Waals surface area contributed by atoms with E-state index in [1.807, 2.05) is 19.9 Å². The summed E-state index contributed by atoms with van der Waals surface area (Å²) in [5.41, 5.74) is 2.10. The Morgan fingerprint density at radius 2 is 2.08 bits per heavy atom. The predicted octanol–water partition coefficient (Wildman–Crippen LogP) is 3.32. The van der Waals surface area contributed by atoms with Crippen LogP contribution in [0.2, 0.25) is 0 Å². The number of anilines is 1. The first-order chi connectivity index (χ1) is 11.7. The van der Waals surface area contributed by atoms with E-state index < -0.39 is 12.0 Å². The molecule has 3 rings (SSSR count). The molecule has 0 amide bonds. The molecule has 2 unspecified atom stereocenters. The molecule has 2 aromatic rings. The van der Waals surface area contributed by atoms with Crippen molar-refractivity contribution in [3.8, 4) is 5.95 Å². The van der Waals surface area contributed by atoms with E-state index >= 15 is 0 Å². The Morgan fingerprint density at radius 3 is 2.68 bits per heavy atom. The number of nitrogens with one attached hydrogen (secondary N) is 1. The summed E-state index contributed by atoms with van der Waals surface area (Å²) in [6, 6.07) is 3.15. The van der Waals surface area contributed by atoms with Crippen molar-refractivity contribution >= 4 is 5.82 Å². The predicted molar refractivity (Wildman–Crippen MR) is 90.1 cm³/mol. The molecule has 6 nitrogen and oxygen atoms in total. The third-order valence-corrected chi connectivity index (χ3v) is 4.35. The molecule has 0 bridgehead atoms. The molecule has 0 aliphatic heterocycles. The third kappa shape index (κ3) is 4.12. The second kappa shape index (κ2) is 6.67. The molecule has 1 fully saturated rings. The van der Waals surface area contributed by atoms with Crippen molar-refractivity contribution in [2.45, 2.75) is 64.5 Å². The lowest BCUT2D eigenvalue weighted by atomic mass is 9.92. The Balaban J connectivity index is 1.92. The molecule has 1 aliphatic rings. The van der Waals surface area contributed by atoms with Gasteiger partial charge in [0, 0.05) is 30.6 Å². The van der Waals surface area contributed by atoms with Crippen LogP contribution in [-0.2, 0) is 0 Å². The maximum Gasteiger partial charge on any atom is 0.253 e. The molecular weight excluding hydrogens is 328 g/mol. The van der Waals surface area contributed by atoms with Gasteiger partial charge in [0.25, 0.3) is 5.95 Å². The number of alkyl halides is 2. The fourth-order valence-electron chi connectivity index (χ4n) is 3.17. The molecule has 2 aromatic heterocycles. The summed E-state index contributed by atoms with van der Waals surface area (Å²) >= 11 is 0. The van der Waals surface area contributed by atoms with E-state index in [-0.39, 0.29) is 18.9 Å². The van der Waals surface area contributed by atoms with Crippen LogP contribution >= 0.6 is 0 Å². The van der Waals surface area contributed by atoms with E-state index in [2.05, 4.69) is 20.4 Å². The average Bonchev–Trinajstić information content (AvgIpc) is 2.84. The second-order valence-electron chi connectivity index (χ2n) is 6.79. The highest BCUT2D eigenvalue weighted by Gasteiger charge is 2.36. The van der Waals surface area contributed by atoms with Crippen LogP contribution in [0.1, 0.15) is 55.8 Å². The summed E-state index contributed by atoms with van der Waals surface area (Å²) < 4.78 is 28.9. The maximum absolute atomic E-state index is 13.6. The summed E-state index contributed by atoms with van der Waals surface area (Å²) in [5.74, 6) is -1.90. The molecule has 2 heterocycles. The van der Waals surface area contributed by atoms with Crippen molar-refractivity contribution in [3.05, 3.63) is 29.2 Å². The van der Waals surface area contributed by atoms with E-state index in [0.29, 0.717) is 30.3 Å². The Hall–Kier alpha value is -2.09. The van der Waals surface area contributed by atoms with Crippen LogP contribution in [0.3, 0.4) is 0 Å². The highest BCUT2D eigenvalue weighted by molar-refractivity contribution is 5.41. The largest absolute Gasteiger partial charge is 0.387 e. The van der Waals surface area contributed by atoms with Crippen molar-refractivity contribution in [3.63, 3.8) is 0 Å². The van der Waals surface area contributed by atoms with Gasteiger partial charge >= 0.3 is 0 Å². The molecule has 0 aromatic carbocycles. The molecular formula is C17H23F2N5O. The van der Waals surface area contributed by atoms with Crippen LogP contribution in [0.4, 0.5) is 14.6 Å². The van der Waals surface area contributed by atoms with Gasteiger partial charge in [0.2, 0.25) is 5.92 Å². The summed E-state index contributed by atoms with van der Waals surface area (Å²) in [4.78, 5) is 8.77. The minimum Gasteiger partial charge on any atom is -0.387 e. The number of aromatic nitrogens is 4. The van der Waals surface area contributed by atoms with Gasteiger partial charge in [-0.05, 0) is 39.7 Å². The van der Waals surface area contributed by atoms with Crippen molar-refractivity contribution in [2.75, 3.05) is 5.32 Å². The molecule has 2 N–H and O–H groups in total. The van der Waals surface area contributed by atoms with Crippen LogP contribution in [0.15, 0.2) is 12.1 Å². The number of aryl methyl sites for hydroxylation is 2. The topological polar surface area (TPSA) is 75.9 Å². The molecule has 0 spiro atoms. The van der Waals surface area contributed by atoms with Crippen LogP contribution in [0, 0.1) is 13.8 Å². The summed E-state index contributed by atoms with van der Waals surface area (Å²) in [6.07, 6.45) is 0.0654. The van der Waals surface area contributed by atoms with Gasteiger partial charge in [-0.15, -0.1) is 0 Å². The quantitative estimate of drug-likeness (QED) is 0.884. The maximum atomic E-state index is 13.6. The zero-order valence-corrected chi connectivity index (χ0v) is 14.6. The highest BCUT2D eigenvalue weighted by atomic mass is 19.3. The van der Waals surface area contributed by atoms with Gasteiger partial charge in [-0.3, -0.25) is 0 Å². The summed E-state index contributed by atoms with van der Waals surface area (Å²) in [7, 11) is 0. The molecule has 1 aliphatic carbocycles. The lowest BCUT2D eigenvalue weighted by Gasteiger charge is -2.30. The minimum absolute atomic E-state index is 0.0646. The molecule has 0 radical (unpaired) electrons. The minimum atomic E-state index is -2.64. The smallest absolute Gasteiger partial charge is 0.253 e. The van der Waals surface area contributed by atoms with E-state index in [1.165, 1.54) is 0 Å². The van der Waals surface area contributed by atoms with Crippen LogP contribution in [0.5, 0.6) is 0 Å². The Labute approximate surface area is 145 Å². The first-order valence-corrected chi connectivity index (χ1v) is 8.48. The van der Waals surface area contributed by atoms with E-state index in [0.717, 1.165) is 11.4 Å². The SMILES string of the molecule is Cc1cc(C)n(-c2nc(NC3CCCC(F)(F)C3)cc(C(C)O)n2)n1. The third-order valence-electron chi connectivity index (χ3n) is 4.35. The van der Waals surface area contributed by atoms with Gasteiger partial charge in [0.15, 0.2) is 0 Å². The van der Waals surface area contributed by atoms with Gasteiger partial charge in [-0.25, -0.2) is 18.4 Å². The molecule has 136 valence electrons. The zero-order valence-electron chi connectivity index (χ0n) is 14.6. The van der Waals surface area contributed by atoms with E-state index in [1.54, 1.807) is 17.7 Å². The first-order valence-electron chi connectivity index (χ1n) is 8.48. The summed E-state index contributed by atoms with van der Waals surface area (Å²) in [5, 5.41) is 17.4. The number of hydrogen-bond acceptors (Lipinski definition) is 5. The number of halogens is 2. The van der Waals surface area contributed by atoms with Crippen LogP contribution in [-0.4, -0.2) is 36.8 Å². The fraction of sp³-hybridized carbons (Fsp3) is 0.588. The lowest BCUT2D eigenvalue weighted by molar-refractivity contribution is -0.0373. The standard InChI is InChI=1S/C17H23F2N5O/c1-10-7-11(2)24(23-10)16-21-14(12(3)25)8-15(22-16)20-13-5-4-6-17(18,19)9-13/h7-8,12-13,25H,4-6,9H2,1-3H3,(H,20,21,22). The number of aliphatic hydroxyl groups excluding tert-OH is 1. The van der Waals surface area contributed by atoms with Crippen molar-refractivity contribution in [2.24, 2.45) is 0 Å². The second-order valence-corrected chi connectivity index (χ2v) is 6.79. The van der Waals surface area contributed by atoms with Crippen LogP contribution < -0.4 is 5.32 Å². The first kappa shape index (κ1) is 17.7. The van der Waals surface area contributed by atoms with Crippen molar-refractivity contribution < 1.29 is 13.9 Å². The Bertz CT molecular complexity index is 759. The number of rotatable bonds is 4. The fourth-order valence-corrected chi connectivity index (χ4v) is 3.17. The average molecular weight is 351 g/mol. The Kier molecular flexibility index (Phi) is 4.73. The highest BCUT2D eigenvalue weighted by Crippen LogP contribution is 2.34. The molecule has 1 saturated carbocycles. The number of hydrogen-bond donors (Lipinski definition) is 2. The van der Waals surface area contributed by atoms with Gasteiger partial charge in [-0.1, -0.05) is 0 Å². The van der Waals surface area contributed by atoms with Gasteiger partial charge in [-0.2, -0.15) is 10.1 Å². The van der Waals surface area contributed by atoms with E-state index in [9.17, 15) is 13.9 Å². The van der Waals surface area contributed by atoms with Gasteiger partial charge in [0.05, 0.1) is 17.5 Å². The monoisotopic (exact) mass is 351 g/mol. The van der Waals surface area contributed by atoms with E-state index in [4.69, 9.17) is 0 Å². The van der Waals surface area contributed by atoms with Gasteiger partial charge in [0.1, 0.15) is 5.82 Å².